The second-order valence-electron chi connectivity index (χ2n) is 24.4. The van der Waals surface area contributed by atoms with Crippen molar-refractivity contribution in [3.05, 3.63) is 11.6 Å². The molecule has 22 nitrogen and oxygen atoms in total. The first kappa shape index (κ1) is 56.7. The van der Waals surface area contributed by atoms with Crippen LogP contribution in [-0.2, 0) is 75.8 Å². The van der Waals surface area contributed by atoms with Crippen molar-refractivity contribution in [2.75, 3.05) is 34.5 Å². The Kier molecular flexibility index (Phi) is 16.1. The lowest BCUT2D eigenvalue weighted by molar-refractivity contribution is -0.374. The van der Waals surface area contributed by atoms with E-state index < -0.39 is 153 Å². The molecule has 8 saturated heterocycles. The molecular formula is C54H86O22. The number of allylic oxidation sites excluding steroid dienone is 1. The number of hydrogen-bond acceptors (Lipinski definition) is 22. The van der Waals surface area contributed by atoms with E-state index in [4.69, 9.17) is 75.8 Å². The average molecular weight is 1090 g/mol. The molecule has 0 aromatic heterocycles. The maximum Gasteiger partial charge on any atom is 0.187 e. The molecule has 2 saturated carbocycles. The maximum atomic E-state index is 11.6. The third-order valence-electron chi connectivity index (χ3n) is 20.1. The van der Waals surface area contributed by atoms with E-state index in [1.807, 2.05) is 13.8 Å². The Morgan fingerprint density at radius 1 is 0.605 bits per heavy atom. The molecule has 11 aliphatic rings. The highest BCUT2D eigenvalue weighted by molar-refractivity contribution is 5.30. The third-order valence-corrected chi connectivity index (χ3v) is 20.1. The molecule has 0 unspecified atom stereocenters. The molecule has 3 aliphatic carbocycles. The molecule has 2 bridgehead atoms. The Morgan fingerprint density at radius 2 is 1.21 bits per heavy atom. The maximum absolute atomic E-state index is 11.6. The van der Waals surface area contributed by atoms with Crippen LogP contribution in [0.4, 0.5) is 0 Å². The number of aliphatic hydroxyl groups excluding tert-OH is 6. The topological polar surface area (TPSA) is 269 Å². The summed E-state index contributed by atoms with van der Waals surface area (Å²) >= 11 is 0. The Morgan fingerprint density at radius 3 is 1.84 bits per heavy atom. The molecule has 0 aromatic carbocycles. The zero-order chi connectivity index (χ0) is 54.0. The van der Waals surface area contributed by atoms with E-state index in [2.05, 4.69) is 26.8 Å². The van der Waals surface area contributed by atoms with E-state index >= 15 is 0 Å². The summed E-state index contributed by atoms with van der Waals surface area (Å²) in [6, 6.07) is 0. The summed E-state index contributed by atoms with van der Waals surface area (Å²) in [6.45, 7) is 14.2. The van der Waals surface area contributed by atoms with Gasteiger partial charge in [-0.15, -0.1) is 0 Å². The van der Waals surface area contributed by atoms with E-state index in [0.717, 1.165) is 38.5 Å². The zero-order valence-corrected chi connectivity index (χ0v) is 45.7. The standard InChI is InChI=1S/C54H86O22/c1-23-43(31(56)18-36(65-23)69-28-13-15-51(5)27(17-28)11-12-30-29(51)14-16-52(6)48-35-22-64-53(48,7)76-54(30,52)75-35)71-37-19-32(61-8)44(24(2)66-37)72-38-20-33(62-9)45(25(3)67-38)73-50-42(60)47(63-10)46(26(4)68-50)74-49-41(59)40(58)39(57)34(21-55)70-49/h11,23-26,28-50,55-60H,12-22H2,1-10H3/t23-,24-,25-,26-,28+,29+,30-,31-,32+,33-,34-,35-,36+,37+,38+,39-,40+,41-,42-,43-,44-,45-,46-,47-,48+,49+,50+,51+,52-,53-,54+/m1/s1. The summed E-state index contributed by atoms with van der Waals surface area (Å²) in [6.07, 6.45) is -11.5. The minimum absolute atomic E-state index is 0.0292. The Hall–Kier alpha value is -1.14. The van der Waals surface area contributed by atoms with Crippen LogP contribution in [-0.4, -0.2) is 224 Å². The smallest absolute Gasteiger partial charge is 0.187 e. The van der Waals surface area contributed by atoms with Gasteiger partial charge < -0.3 is 106 Å². The van der Waals surface area contributed by atoms with Crippen molar-refractivity contribution in [3.8, 4) is 0 Å². The summed E-state index contributed by atoms with van der Waals surface area (Å²) in [4.78, 5) is 0. The number of methoxy groups -OCH3 is 3. The largest absolute Gasteiger partial charge is 0.394 e. The highest BCUT2D eigenvalue weighted by Gasteiger charge is 2.83. The van der Waals surface area contributed by atoms with Gasteiger partial charge in [0, 0.05) is 51.9 Å². The van der Waals surface area contributed by atoms with Crippen molar-refractivity contribution in [1.29, 1.82) is 0 Å². The van der Waals surface area contributed by atoms with Gasteiger partial charge in [-0.05, 0) is 84.5 Å². The van der Waals surface area contributed by atoms with Crippen LogP contribution in [0, 0.1) is 28.6 Å². The fourth-order valence-electron chi connectivity index (χ4n) is 16.2. The van der Waals surface area contributed by atoms with Crippen molar-refractivity contribution in [2.24, 2.45) is 28.6 Å². The summed E-state index contributed by atoms with van der Waals surface area (Å²) in [5.74, 6) is -0.177. The Bertz CT molecular complexity index is 2040. The normalized spacial score (nSPS) is 56.9. The van der Waals surface area contributed by atoms with Crippen LogP contribution < -0.4 is 0 Å². The number of fused-ring (bicyclic) bond motifs is 3. The highest BCUT2D eigenvalue weighted by Crippen LogP contribution is 2.76. The van der Waals surface area contributed by atoms with Gasteiger partial charge in [-0.2, -0.15) is 0 Å². The molecule has 0 spiro atoms. The fraction of sp³-hybridized carbons (Fsp3) is 0.963. The summed E-state index contributed by atoms with van der Waals surface area (Å²) < 4.78 is 101. The van der Waals surface area contributed by atoms with Gasteiger partial charge in [-0.1, -0.05) is 25.5 Å². The second-order valence-corrected chi connectivity index (χ2v) is 24.4. The first-order chi connectivity index (χ1) is 36.2. The fourth-order valence-corrected chi connectivity index (χ4v) is 16.2. The van der Waals surface area contributed by atoms with Gasteiger partial charge in [-0.25, -0.2) is 0 Å². The van der Waals surface area contributed by atoms with Crippen molar-refractivity contribution < 1.29 is 106 Å². The molecule has 11 rings (SSSR count). The Balaban J connectivity index is 0.650. The molecule has 6 N–H and O–H groups in total. The average Bonchev–Trinajstić information content (AvgIpc) is 3.83. The third kappa shape index (κ3) is 9.42. The molecule has 10 fully saturated rings. The molecule has 76 heavy (non-hydrogen) atoms. The van der Waals surface area contributed by atoms with Gasteiger partial charge >= 0.3 is 0 Å². The first-order valence-electron chi connectivity index (χ1n) is 28.0. The van der Waals surface area contributed by atoms with E-state index in [-0.39, 0.29) is 47.7 Å². The van der Waals surface area contributed by atoms with E-state index in [1.54, 1.807) is 28.1 Å². The van der Waals surface area contributed by atoms with Crippen LogP contribution in [0.5, 0.6) is 0 Å². The summed E-state index contributed by atoms with van der Waals surface area (Å²) in [5.41, 5.74) is 1.43. The number of rotatable bonds is 14. The highest BCUT2D eigenvalue weighted by atomic mass is 16.8. The predicted octanol–water partition coefficient (Wildman–Crippen LogP) is 1.67. The SMILES string of the molecule is CO[C@@H]1[C@@H](O)[C@H](O[C@@H]2[C@@H](C)O[C@@H](O[C@H]3[C@@H](OC)C[C@H](O[C@H]4[C@H](O)C[C@H](O[C@H]5CC[C@@]6(C)C(=CC[C@@H]7[C@@H]6CC[C@]6(C)[C@@H]8[C@H]9CO[C@]8(C)O[C@@]76O9)C5)O[C@@H]4C)O[C@@H]3C)C[C@H]2OC)O[C@H](C)[C@H]1O[C@@H]1O[C@H](CO)[C@@H](O)[C@H](O)[C@H]1O. The monoisotopic (exact) mass is 1090 g/mol. The molecule has 0 aromatic rings. The van der Waals surface area contributed by atoms with Crippen LogP contribution >= 0.6 is 0 Å². The quantitative estimate of drug-likeness (QED) is 0.135. The molecular weight excluding hydrogens is 1000 g/mol. The summed E-state index contributed by atoms with van der Waals surface area (Å²) in [7, 11) is 4.53. The van der Waals surface area contributed by atoms with Gasteiger partial charge in [0.1, 0.15) is 61.0 Å². The van der Waals surface area contributed by atoms with E-state index in [0.29, 0.717) is 18.9 Å². The molecule has 0 radical (unpaired) electrons. The molecule has 8 heterocycles. The van der Waals surface area contributed by atoms with Gasteiger partial charge in [0.2, 0.25) is 0 Å². The molecule has 22 heteroatoms. The zero-order valence-electron chi connectivity index (χ0n) is 45.7. The van der Waals surface area contributed by atoms with Gasteiger partial charge in [0.15, 0.2) is 43.0 Å². The minimum Gasteiger partial charge on any atom is -0.394 e. The van der Waals surface area contributed by atoms with Crippen molar-refractivity contribution >= 4 is 0 Å². The number of ether oxygens (including phenoxy) is 16. The lowest BCUT2D eigenvalue weighted by atomic mass is 9.48. The molecule has 434 valence electrons. The number of hydrogen-bond donors (Lipinski definition) is 6. The van der Waals surface area contributed by atoms with Crippen LogP contribution in [0.2, 0.25) is 0 Å². The van der Waals surface area contributed by atoms with Crippen LogP contribution in [0.15, 0.2) is 11.6 Å². The molecule has 0 amide bonds. The molecule has 31 atom stereocenters. The van der Waals surface area contributed by atoms with Crippen molar-refractivity contribution in [1.82, 2.24) is 0 Å². The van der Waals surface area contributed by atoms with Crippen LogP contribution in [0.1, 0.15) is 106 Å². The minimum atomic E-state index is -1.66. The lowest BCUT2D eigenvalue weighted by Crippen LogP contribution is -2.65. The second kappa shape index (κ2) is 21.6. The lowest BCUT2D eigenvalue weighted by Gasteiger charge is -2.59. The molecule has 8 aliphatic heterocycles. The van der Waals surface area contributed by atoms with E-state index in [1.165, 1.54) is 12.7 Å². The first-order valence-corrected chi connectivity index (χ1v) is 28.0. The van der Waals surface area contributed by atoms with Crippen molar-refractivity contribution in [3.63, 3.8) is 0 Å². The summed E-state index contributed by atoms with van der Waals surface area (Å²) in [5, 5.41) is 63.9. The van der Waals surface area contributed by atoms with E-state index in [9.17, 15) is 30.6 Å². The Labute approximate surface area is 445 Å². The number of aliphatic hydroxyl groups is 6. The van der Waals surface area contributed by atoms with Gasteiger partial charge in [0.25, 0.3) is 0 Å². The van der Waals surface area contributed by atoms with Gasteiger partial charge in [0.05, 0.1) is 74.1 Å². The van der Waals surface area contributed by atoms with Gasteiger partial charge in [-0.3, -0.25) is 0 Å². The van der Waals surface area contributed by atoms with Crippen LogP contribution in [0.25, 0.3) is 0 Å². The van der Waals surface area contributed by atoms with Crippen LogP contribution in [0.3, 0.4) is 0 Å². The van der Waals surface area contributed by atoms with Crippen molar-refractivity contribution in [2.45, 2.75) is 265 Å². The predicted molar refractivity (Wildman–Crippen MR) is 259 cm³/mol.